The molecule has 3 heterocycles. The Morgan fingerprint density at radius 1 is 1.05 bits per heavy atom. The lowest BCUT2D eigenvalue weighted by Gasteiger charge is -2.19. The van der Waals surface area contributed by atoms with Crippen LogP contribution in [0.3, 0.4) is 0 Å². The zero-order valence-corrected chi connectivity index (χ0v) is 11.8. The zero-order chi connectivity index (χ0) is 14.5. The molecule has 1 unspecified atom stereocenters. The van der Waals surface area contributed by atoms with Crippen LogP contribution in [0.2, 0.25) is 0 Å². The number of aliphatic imine (C=N–C) groups is 1. The van der Waals surface area contributed by atoms with Crippen molar-refractivity contribution in [3.8, 4) is 0 Å². The summed E-state index contributed by atoms with van der Waals surface area (Å²) in [5, 5.41) is 1.16. The van der Waals surface area contributed by atoms with Crippen LogP contribution in [-0.2, 0) is 0 Å². The molecule has 104 valence electrons. The van der Waals surface area contributed by atoms with Crippen LogP contribution in [0, 0.1) is 0 Å². The molecule has 1 aliphatic carbocycles. The first-order valence-electron chi connectivity index (χ1n) is 7.41. The van der Waals surface area contributed by atoms with Crippen molar-refractivity contribution in [1.29, 1.82) is 0 Å². The highest BCUT2D eigenvalue weighted by Gasteiger charge is 2.29. The van der Waals surface area contributed by atoms with Crippen LogP contribution in [0.1, 0.15) is 17.0 Å². The van der Waals surface area contributed by atoms with E-state index >= 15 is 0 Å². The molecule has 1 N–H and O–H groups in total. The quantitative estimate of drug-likeness (QED) is 0.707. The van der Waals surface area contributed by atoms with Gasteiger partial charge in [-0.05, 0) is 23.8 Å². The van der Waals surface area contributed by atoms with E-state index in [0.717, 1.165) is 22.4 Å². The molecule has 3 nitrogen and oxygen atoms in total. The number of aromatic nitrogens is 2. The maximum atomic E-state index is 4.89. The fourth-order valence-corrected chi connectivity index (χ4v) is 3.40. The fraction of sp³-hybridized carbons (Fsp3) is 0.0526. The van der Waals surface area contributed by atoms with Gasteiger partial charge in [0, 0.05) is 34.8 Å². The highest BCUT2D eigenvalue weighted by atomic mass is 14.8. The van der Waals surface area contributed by atoms with Crippen molar-refractivity contribution in [2.45, 2.75) is 5.92 Å². The van der Waals surface area contributed by atoms with Crippen molar-refractivity contribution in [3.05, 3.63) is 78.1 Å². The molecular formula is C19H13N3. The third-order valence-corrected chi connectivity index (χ3v) is 4.40. The monoisotopic (exact) mass is 283 g/mol. The van der Waals surface area contributed by atoms with E-state index in [9.17, 15) is 0 Å². The molecule has 0 bridgehead atoms. The standard InChI is InChI=1S/C19H13N3/c1-2-7-17-13(4-1)15-6-3-5-14(18(15)22-17)12-8-10-20-19-16(12)9-11-21-19/h1-11,14H,(H,20,21). The van der Waals surface area contributed by atoms with E-state index in [1.165, 1.54) is 16.7 Å². The first-order chi connectivity index (χ1) is 10.9. The van der Waals surface area contributed by atoms with E-state index < -0.39 is 0 Å². The highest BCUT2D eigenvalue weighted by Crippen LogP contribution is 2.42. The molecule has 3 aromatic rings. The van der Waals surface area contributed by atoms with E-state index in [1.807, 2.05) is 18.5 Å². The first kappa shape index (κ1) is 11.7. The molecule has 1 aliphatic heterocycles. The Balaban J connectivity index is 1.71. The number of para-hydroxylation sites is 1. The van der Waals surface area contributed by atoms with Crippen LogP contribution in [0.15, 0.2) is 72.0 Å². The minimum absolute atomic E-state index is 0.175. The highest BCUT2D eigenvalue weighted by molar-refractivity contribution is 6.33. The van der Waals surface area contributed by atoms with Gasteiger partial charge in [-0.2, -0.15) is 0 Å². The molecule has 5 rings (SSSR count). The number of rotatable bonds is 1. The van der Waals surface area contributed by atoms with E-state index in [-0.39, 0.29) is 5.92 Å². The van der Waals surface area contributed by atoms with Gasteiger partial charge in [0.05, 0.1) is 11.4 Å². The average Bonchev–Trinajstić information content (AvgIpc) is 3.18. The van der Waals surface area contributed by atoms with Gasteiger partial charge in [-0.25, -0.2) is 4.98 Å². The first-order valence-corrected chi connectivity index (χ1v) is 7.41. The summed E-state index contributed by atoms with van der Waals surface area (Å²) in [6.45, 7) is 0. The lowest BCUT2D eigenvalue weighted by molar-refractivity contribution is 1.15. The molecule has 1 aromatic carbocycles. The SMILES string of the molecule is C1=CC(c2ccnc3[nH]ccc23)C2=Nc3ccccc3C2=C1. The van der Waals surface area contributed by atoms with Gasteiger partial charge < -0.3 is 4.98 Å². The van der Waals surface area contributed by atoms with Gasteiger partial charge in [0.2, 0.25) is 0 Å². The average molecular weight is 283 g/mol. The second kappa shape index (κ2) is 4.28. The number of hydrogen-bond acceptors (Lipinski definition) is 2. The second-order valence-electron chi connectivity index (χ2n) is 5.60. The minimum Gasteiger partial charge on any atom is -0.346 e. The normalized spacial score (nSPS) is 18.8. The largest absolute Gasteiger partial charge is 0.346 e. The molecule has 22 heavy (non-hydrogen) atoms. The predicted octanol–water partition coefficient (Wildman–Crippen LogP) is 4.39. The van der Waals surface area contributed by atoms with Crippen molar-refractivity contribution in [1.82, 2.24) is 9.97 Å². The van der Waals surface area contributed by atoms with Crippen molar-refractivity contribution >= 4 is 28.0 Å². The minimum atomic E-state index is 0.175. The molecule has 0 spiro atoms. The number of nitrogens with zero attached hydrogens (tertiary/aromatic N) is 2. The topological polar surface area (TPSA) is 41.0 Å². The predicted molar refractivity (Wildman–Crippen MR) is 89.5 cm³/mol. The smallest absolute Gasteiger partial charge is 0.137 e. The maximum absolute atomic E-state index is 4.89. The van der Waals surface area contributed by atoms with Gasteiger partial charge in [0.15, 0.2) is 0 Å². The molecule has 0 radical (unpaired) electrons. The van der Waals surface area contributed by atoms with Crippen molar-refractivity contribution in [2.75, 3.05) is 0 Å². The van der Waals surface area contributed by atoms with Gasteiger partial charge in [-0.3, -0.25) is 4.99 Å². The number of H-pyrrole nitrogens is 1. The number of hydrogen-bond donors (Lipinski definition) is 1. The Hall–Kier alpha value is -2.94. The molecule has 2 aromatic heterocycles. The number of nitrogens with one attached hydrogen (secondary N) is 1. The Morgan fingerprint density at radius 3 is 3.00 bits per heavy atom. The third-order valence-electron chi connectivity index (χ3n) is 4.40. The Labute approximate surface area is 127 Å². The molecule has 0 fully saturated rings. The summed E-state index contributed by atoms with van der Waals surface area (Å²) in [6.07, 6.45) is 10.3. The number of fused-ring (bicyclic) bond motifs is 4. The summed E-state index contributed by atoms with van der Waals surface area (Å²) in [5.74, 6) is 0.175. The van der Waals surface area contributed by atoms with Gasteiger partial charge in [-0.1, -0.05) is 36.4 Å². The molecule has 0 amide bonds. The summed E-state index contributed by atoms with van der Waals surface area (Å²) in [6, 6.07) is 12.5. The van der Waals surface area contributed by atoms with E-state index in [4.69, 9.17) is 4.99 Å². The fourth-order valence-electron chi connectivity index (χ4n) is 3.40. The third kappa shape index (κ3) is 1.51. The van der Waals surface area contributed by atoms with Crippen molar-refractivity contribution < 1.29 is 0 Å². The van der Waals surface area contributed by atoms with Gasteiger partial charge in [0.1, 0.15) is 5.65 Å². The summed E-state index contributed by atoms with van der Waals surface area (Å²) in [5.41, 5.74) is 6.85. The van der Waals surface area contributed by atoms with Crippen molar-refractivity contribution in [3.63, 3.8) is 0 Å². The van der Waals surface area contributed by atoms with Gasteiger partial charge in [0.25, 0.3) is 0 Å². The van der Waals surface area contributed by atoms with Crippen LogP contribution < -0.4 is 0 Å². The molecule has 1 atom stereocenters. The van der Waals surface area contributed by atoms with Gasteiger partial charge in [-0.15, -0.1) is 0 Å². The zero-order valence-electron chi connectivity index (χ0n) is 11.8. The summed E-state index contributed by atoms with van der Waals surface area (Å²) in [7, 11) is 0. The van der Waals surface area contributed by atoms with Crippen LogP contribution in [-0.4, -0.2) is 15.7 Å². The lowest BCUT2D eigenvalue weighted by atomic mass is 9.84. The Kier molecular flexibility index (Phi) is 2.27. The van der Waals surface area contributed by atoms with E-state index in [2.05, 4.69) is 58.5 Å². The molecule has 3 heteroatoms. The lowest BCUT2D eigenvalue weighted by Crippen LogP contribution is -2.12. The number of pyridine rings is 1. The number of benzene rings is 1. The molecule has 2 aliphatic rings. The maximum Gasteiger partial charge on any atom is 0.137 e. The second-order valence-corrected chi connectivity index (χ2v) is 5.60. The van der Waals surface area contributed by atoms with E-state index in [0.29, 0.717) is 0 Å². The van der Waals surface area contributed by atoms with E-state index in [1.54, 1.807) is 0 Å². The molecular weight excluding hydrogens is 270 g/mol. The van der Waals surface area contributed by atoms with Gasteiger partial charge >= 0.3 is 0 Å². The summed E-state index contributed by atoms with van der Waals surface area (Å²) in [4.78, 5) is 12.5. The molecule has 0 saturated carbocycles. The van der Waals surface area contributed by atoms with Crippen molar-refractivity contribution in [2.24, 2.45) is 4.99 Å². The van der Waals surface area contributed by atoms with Crippen LogP contribution in [0.25, 0.3) is 16.6 Å². The summed E-state index contributed by atoms with van der Waals surface area (Å²) >= 11 is 0. The molecule has 0 saturated heterocycles. The van der Waals surface area contributed by atoms with Crippen LogP contribution in [0.5, 0.6) is 0 Å². The summed E-state index contributed by atoms with van der Waals surface area (Å²) < 4.78 is 0. The van der Waals surface area contributed by atoms with Crippen LogP contribution >= 0.6 is 0 Å². The number of allylic oxidation sites excluding steroid dienone is 4. The Bertz CT molecular complexity index is 989. The Morgan fingerprint density at radius 2 is 2.00 bits per heavy atom. The van der Waals surface area contributed by atoms with Crippen LogP contribution in [0.4, 0.5) is 5.69 Å². The number of aromatic amines is 1.